The van der Waals surface area contributed by atoms with Crippen molar-refractivity contribution in [3.63, 3.8) is 0 Å². The molecule has 0 radical (unpaired) electrons. The fourth-order valence-electron chi connectivity index (χ4n) is 1.41. The SMILES string of the molecule is NC(=O)[C@H]1CC[C@@H](CCC(=O)O)O1. The van der Waals surface area contributed by atoms with Crippen LogP contribution in [0, 0.1) is 0 Å². The molecule has 0 aromatic rings. The van der Waals surface area contributed by atoms with Crippen LogP contribution in [0.2, 0.25) is 0 Å². The predicted molar refractivity (Wildman–Crippen MR) is 44.0 cm³/mol. The molecular weight excluding hydrogens is 174 g/mol. The maximum Gasteiger partial charge on any atom is 0.303 e. The van der Waals surface area contributed by atoms with Crippen molar-refractivity contribution >= 4 is 11.9 Å². The first kappa shape index (κ1) is 9.98. The van der Waals surface area contributed by atoms with E-state index in [4.69, 9.17) is 15.6 Å². The van der Waals surface area contributed by atoms with E-state index in [-0.39, 0.29) is 12.5 Å². The third-order valence-corrected chi connectivity index (χ3v) is 2.11. The van der Waals surface area contributed by atoms with Gasteiger partial charge in [0.15, 0.2) is 0 Å². The molecule has 5 heteroatoms. The van der Waals surface area contributed by atoms with Gasteiger partial charge >= 0.3 is 5.97 Å². The first-order valence-corrected chi connectivity index (χ1v) is 4.26. The molecule has 1 aliphatic heterocycles. The zero-order chi connectivity index (χ0) is 9.84. The average molecular weight is 187 g/mol. The summed E-state index contributed by atoms with van der Waals surface area (Å²) < 4.78 is 5.24. The van der Waals surface area contributed by atoms with Crippen molar-refractivity contribution in [1.29, 1.82) is 0 Å². The topological polar surface area (TPSA) is 89.6 Å². The molecule has 1 heterocycles. The highest BCUT2D eigenvalue weighted by Gasteiger charge is 2.28. The van der Waals surface area contributed by atoms with E-state index in [0.717, 1.165) is 6.42 Å². The van der Waals surface area contributed by atoms with Gasteiger partial charge in [-0.3, -0.25) is 9.59 Å². The molecule has 5 nitrogen and oxygen atoms in total. The maximum absolute atomic E-state index is 10.7. The Morgan fingerprint density at radius 1 is 1.46 bits per heavy atom. The summed E-state index contributed by atoms with van der Waals surface area (Å²) in [6.07, 6.45) is 1.24. The van der Waals surface area contributed by atoms with E-state index in [1.54, 1.807) is 0 Å². The van der Waals surface area contributed by atoms with Crippen LogP contribution >= 0.6 is 0 Å². The van der Waals surface area contributed by atoms with E-state index in [1.807, 2.05) is 0 Å². The van der Waals surface area contributed by atoms with Gasteiger partial charge in [-0.15, -0.1) is 0 Å². The number of hydrogen-bond donors (Lipinski definition) is 2. The molecule has 1 fully saturated rings. The van der Waals surface area contributed by atoms with Gasteiger partial charge in [0, 0.05) is 6.42 Å². The molecule has 0 spiro atoms. The molecule has 0 saturated carbocycles. The second-order valence-electron chi connectivity index (χ2n) is 3.16. The van der Waals surface area contributed by atoms with Crippen molar-refractivity contribution in [2.75, 3.05) is 0 Å². The first-order chi connectivity index (χ1) is 6.09. The van der Waals surface area contributed by atoms with Crippen LogP contribution in [0.1, 0.15) is 25.7 Å². The number of carboxylic acids is 1. The van der Waals surface area contributed by atoms with Crippen LogP contribution in [0.25, 0.3) is 0 Å². The molecule has 0 aromatic carbocycles. The Kier molecular flexibility index (Phi) is 3.25. The molecule has 0 aromatic heterocycles. The number of rotatable bonds is 4. The number of carbonyl (C=O) groups excluding carboxylic acids is 1. The number of nitrogens with two attached hydrogens (primary N) is 1. The van der Waals surface area contributed by atoms with Crippen LogP contribution in [0.5, 0.6) is 0 Å². The molecule has 13 heavy (non-hydrogen) atoms. The largest absolute Gasteiger partial charge is 0.481 e. The molecule has 74 valence electrons. The second kappa shape index (κ2) is 4.23. The third-order valence-electron chi connectivity index (χ3n) is 2.11. The van der Waals surface area contributed by atoms with Gasteiger partial charge in [0.2, 0.25) is 5.91 Å². The van der Waals surface area contributed by atoms with Crippen molar-refractivity contribution < 1.29 is 19.4 Å². The molecule has 0 aliphatic carbocycles. The van der Waals surface area contributed by atoms with Crippen molar-refractivity contribution in [2.24, 2.45) is 5.73 Å². The zero-order valence-electron chi connectivity index (χ0n) is 7.23. The van der Waals surface area contributed by atoms with Crippen LogP contribution in [-0.2, 0) is 14.3 Å². The molecule has 3 N–H and O–H groups in total. The first-order valence-electron chi connectivity index (χ1n) is 4.26. The Hall–Kier alpha value is -1.10. The van der Waals surface area contributed by atoms with Crippen molar-refractivity contribution in [1.82, 2.24) is 0 Å². The summed E-state index contributed by atoms with van der Waals surface area (Å²) in [7, 11) is 0. The van der Waals surface area contributed by atoms with Crippen LogP contribution < -0.4 is 5.73 Å². The Morgan fingerprint density at radius 3 is 2.62 bits per heavy atom. The molecular formula is C8H13NO4. The van der Waals surface area contributed by atoms with Gasteiger partial charge in [-0.25, -0.2) is 0 Å². The summed E-state index contributed by atoms with van der Waals surface area (Å²) in [6, 6.07) is 0. The van der Waals surface area contributed by atoms with E-state index in [0.29, 0.717) is 12.8 Å². The lowest BCUT2D eigenvalue weighted by Gasteiger charge is -2.09. The normalized spacial score (nSPS) is 27.4. The summed E-state index contributed by atoms with van der Waals surface area (Å²) >= 11 is 0. The molecule has 1 aliphatic rings. The maximum atomic E-state index is 10.7. The summed E-state index contributed by atoms with van der Waals surface area (Å²) in [5, 5.41) is 8.40. The van der Waals surface area contributed by atoms with Gasteiger partial charge in [0.05, 0.1) is 6.10 Å². The van der Waals surface area contributed by atoms with Gasteiger partial charge in [-0.1, -0.05) is 0 Å². The molecule has 1 saturated heterocycles. The molecule has 1 amide bonds. The van der Waals surface area contributed by atoms with Crippen LogP contribution in [-0.4, -0.2) is 29.2 Å². The van der Waals surface area contributed by atoms with Crippen LogP contribution in [0.3, 0.4) is 0 Å². The third kappa shape index (κ3) is 3.02. The molecule has 0 bridgehead atoms. The average Bonchev–Trinajstić information content (AvgIpc) is 2.48. The van der Waals surface area contributed by atoms with Gasteiger partial charge in [0.25, 0.3) is 0 Å². The van der Waals surface area contributed by atoms with Gasteiger partial charge in [-0.2, -0.15) is 0 Å². The quantitative estimate of drug-likeness (QED) is 0.642. The number of ether oxygens (including phenoxy) is 1. The van der Waals surface area contributed by atoms with Crippen molar-refractivity contribution in [3.8, 4) is 0 Å². The van der Waals surface area contributed by atoms with Crippen LogP contribution in [0.15, 0.2) is 0 Å². The Balaban J connectivity index is 2.25. The minimum atomic E-state index is -0.842. The second-order valence-corrected chi connectivity index (χ2v) is 3.16. The van der Waals surface area contributed by atoms with Gasteiger partial charge in [0.1, 0.15) is 6.10 Å². The highest BCUT2D eigenvalue weighted by Crippen LogP contribution is 2.22. The summed E-state index contributed by atoms with van der Waals surface area (Å²) in [5.41, 5.74) is 5.04. The summed E-state index contributed by atoms with van der Waals surface area (Å²) in [5.74, 6) is -1.30. The van der Waals surface area contributed by atoms with E-state index in [2.05, 4.69) is 0 Å². The van der Waals surface area contributed by atoms with Crippen molar-refractivity contribution in [3.05, 3.63) is 0 Å². The Morgan fingerprint density at radius 2 is 2.15 bits per heavy atom. The van der Waals surface area contributed by atoms with Crippen molar-refractivity contribution in [2.45, 2.75) is 37.9 Å². The standard InChI is InChI=1S/C8H13NO4/c9-8(12)6-3-1-5(13-6)2-4-7(10)11/h5-6H,1-4H2,(H2,9,12)(H,10,11)/t5-,6+/m0/s1. The number of carbonyl (C=O) groups is 2. The summed E-state index contributed by atoms with van der Waals surface area (Å²) in [6.45, 7) is 0. The zero-order valence-corrected chi connectivity index (χ0v) is 7.23. The molecule has 1 rings (SSSR count). The highest BCUT2D eigenvalue weighted by atomic mass is 16.5. The number of aliphatic carboxylic acids is 1. The van der Waals surface area contributed by atoms with E-state index in [9.17, 15) is 9.59 Å². The van der Waals surface area contributed by atoms with Crippen LogP contribution in [0.4, 0.5) is 0 Å². The summed E-state index contributed by atoms with van der Waals surface area (Å²) in [4.78, 5) is 20.9. The predicted octanol–water partition coefficient (Wildman–Crippen LogP) is -0.116. The monoisotopic (exact) mass is 187 g/mol. The van der Waals surface area contributed by atoms with Gasteiger partial charge < -0.3 is 15.6 Å². The highest BCUT2D eigenvalue weighted by molar-refractivity contribution is 5.79. The fourth-order valence-corrected chi connectivity index (χ4v) is 1.41. The Bertz CT molecular complexity index is 216. The number of carboxylic acid groups (broad SMARTS) is 1. The van der Waals surface area contributed by atoms with E-state index in [1.165, 1.54) is 0 Å². The minimum absolute atomic E-state index is 0.0795. The number of primary amides is 1. The minimum Gasteiger partial charge on any atom is -0.481 e. The lowest BCUT2D eigenvalue weighted by atomic mass is 10.1. The van der Waals surface area contributed by atoms with Gasteiger partial charge in [-0.05, 0) is 19.3 Å². The Labute approximate surface area is 75.9 Å². The van der Waals surface area contributed by atoms with E-state index < -0.39 is 18.0 Å². The lowest BCUT2D eigenvalue weighted by Crippen LogP contribution is -2.28. The molecule has 0 unspecified atom stereocenters. The van der Waals surface area contributed by atoms with E-state index >= 15 is 0 Å². The number of hydrogen-bond acceptors (Lipinski definition) is 3. The fraction of sp³-hybridized carbons (Fsp3) is 0.750. The lowest BCUT2D eigenvalue weighted by molar-refractivity contribution is -0.138. The molecule has 2 atom stereocenters. The number of amides is 1. The smallest absolute Gasteiger partial charge is 0.303 e.